The molecule has 0 saturated carbocycles. The van der Waals surface area contributed by atoms with Gasteiger partial charge in [-0.1, -0.05) is 30.7 Å². The van der Waals surface area contributed by atoms with Crippen LogP contribution in [0.15, 0.2) is 24.3 Å². The van der Waals surface area contributed by atoms with Gasteiger partial charge in [-0.05, 0) is 44.4 Å². The molecule has 0 aliphatic heterocycles. The van der Waals surface area contributed by atoms with Crippen LogP contribution in [0.3, 0.4) is 0 Å². The molecule has 0 saturated heterocycles. The predicted octanol–water partition coefficient (Wildman–Crippen LogP) is 3.21. The number of benzene rings is 1. The van der Waals surface area contributed by atoms with Crippen molar-refractivity contribution in [1.82, 2.24) is 5.32 Å². The second-order valence-corrected chi connectivity index (χ2v) is 4.72. The van der Waals surface area contributed by atoms with Crippen molar-refractivity contribution >= 4 is 5.97 Å². The fourth-order valence-electron chi connectivity index (χ4n) is 1.96. The molecule has 106 valence electrons. The van der Waals surface area contributed by atoms with Crippen LogP contribution in [0.2, 0.25) is 0 Å². The fourth-order valence-corrected chi connectivity index (χ4v) is 1.96. The van der Waals surface area contributed by atoms with Crippen LogP contribution in [0.25, 0.3) is 0 Å². The van der Waals surface area contributed by atoms with Gasteiger partial charge in [-0.3, -0.25) is 4.79 Å². The van der Waals surface area contributed by atoms with Crippen LogP contribution in [-0.2, 0) is 16.1 Å². The van der Waals surface area contributed by atoms with Gasteiger partial charge in [0.25, 0.3) is 0 Å². The maximum Gasteiger partial charge on any atom is 0.305 e. The van der Waals surface area contributed by atoms with Gasteiger partial charge in [-0.2, -0.15) is 0 Å². The zero-order valence-corrected chi connectivity index (χ0v) is 12.1. The normalized spacial score (nSPS) is 10.4. The largest absolute Gasteiger partial charge is 0.466 e. The lowest BCUT2D eigenvalue weighted by Gasteiger charge is -2.07. The Morgan fingerprint density at radius 3 is 2.74 bits per heavy atom. The molecule has 1 rings (SSSR count). The summed E-state index contributed by atoms with van der Waals surface area (Å²) in [6, 6.07) is 8.43. The number of hydrogen-bond donors (Lipinski definition) is 1. The van der Waals surface area contributed by atoms with Crippen LogP contribution in [0.1, 0.15) is 43.7 Å². The number of rotatable bonds is 9. The Bertz CT molecular complexity index is 377. The molecule has 0 aliphatic rings. The van der Waals surface area contributed by atoms with Crippen LogP contribution in [-0.4, -0.2) is 19.1 Å². The number of nitrogens with one attached hydrogen (secondary N) is 1. The number of hydrogen-bond acceptors (Lipinski definition) is 3. The molecule has 0 radical (unpaired) electrons. The van der Waals surface area contributed by atoms with Gasteiger partial charge in [-0.25, -0.2) is 0 Å². The maximum absolute atomic E-state index is 11.1. The van der Waals surface area contributed by atoms with Gasteiger partial charge in [0.05, 0.1) is 6.61 Å². The van der Waals surface area contributed by atoms with Crippen molar-refractivity contribution in [3.8, 4) is 0 Å². The minimum absolute atomic E-state index is 0.0737. The molecule has 0 unspecified atom stereocenters. The van der Waals surface area contributed by atoms with Crippen LogP contribution in [0.4, 0.5) is 0 Å². The molecular formula is C16H25NO2. The van der Waals surface area contributed by atoms with E-state index in [2.05, 4.69) is 36.5 Å². The van der Waals surface area contributed by atoms with E-state index in [1.165, 1.54) is 11.1 Å². The second kappa shape index (κ2) is 9.56. The van der Waals surface area contributed by atoms with Crippen molar-refractivity contribution in [3.63, 3.8) is 0 Å². The second-order valence-electron chi connectivity index (χ2n) is 4.72. The number of esters is 1. The lowest BCUT2D eigenvalue weighted by Crippen LogP contribution is -2.15. The summed E-state index contributed by atoms with van der Waals surface area (Å²) in [5.41, 5.74) is 2.69. The lowest BCUT2D eigenvalue weighted by atomic mass is 10.1. The first-order valence-electron chi connectivity index (χ1n) is 7.15. The summed E-state index contributed by atoms with van der Waals surface area (Å²) >= 11 is 0. The van der Waals surface area contributed by atoms with E-state index in [-0.39, 0.29) is 5.97 Å². The Hall–Kier alpha value is -1.35. The van der Waals surface area contributed by atoms with Crippen molar-refractivity contribution in [2.24, 2.45) is 0 Å². The van der Waals surface area contributed by atoms with Crippen molar-refractivity contribution < 1.29 is 9.53 Å². The minimum atomic E-state index is -0.0737. The van der Waals surface area contributed by atoms with Crippen LogP contribution < -0.4 is 5.32 Å². The van der Waals surface area contributed by atoms with Gasteiger partial charge in [0, 0.05) is 13.0 Å². The summed E-state index contributed by atoms with van der Waals surface area (Å²) in [6.45, 7) is 6.38. The van der Waals surface area contributed by atoms with Gasteiger partial charge < -0.3 is 10.1 Å². The monoisotopic (exact) mass is 263 g/mol. The molecule has 3 heteroatoms. The standard InChI is InChI=1S/C16H25NO2/c1-3-19-16(18)11-5-4-8-12-17-13-15-10-7-6-9-14(15)2/h6-7,9-10,17H,3-5,8,11-13H2,1-2H3. The Labute approximate surface area is 116 Å². The van der Waals surface area contributed by atoms with E-state index < -0.39 is 0 Å². The summed E-state index contributed by atoms with van der Waals surface area (Å²) < 4.78 is 4.89. The first-order chi connectivity index (χ1) is 9.24. The van der Waals surface area contributed by atoms with Crippen molar-refractivity contribution in [3.05, 3.63) is 35.4 Å². The molecule has 1 aromatic carbocycles. The molecule has 19 heavy (non-hydrogen) atoms. The number of unbranched alkanes of at least 4 members (excludes halogenated alkanes) is 2. The Morgan fingerprint density at radius 2 is 2.00 bits per heavy atom. The number of ether oxygens (including phenoxy) is 1. The lowest BCUT2D eigenvalue weighted by molar-refractivity contribution is -0.143. The highest BCUT2D eigenvalue weighted by molar-refractivity contribution is 5.69. The predicted molar refractivity (Wildman–Crippen MR) is 78.0 cm³/mol. The number of carbonyl (C=O) groups is 1. The molecule has 0 amide bonds. The smallest absolute Gasteiger partial charge is 0.305 e. The average Bonchev–Trinajstić information content (AvgIpc) is 2.40. The molecule has 1 N–H and O–H groups in total. The van der Waals surface area contributed by atoms with Crippen molar-refractivity contribution in [2.45, 2.75) is 46.1 Å². The first-order valence-corrected chi connectivity index (χ1v) is 7.15. The molecule has 0 bridgehead atoms. The highest BCUT2D eigenvalue weighted by Gasteiger charge is 2.00. The van der Waals surface area contributed by atoms with Gasteiger partial charge in [0.2, 0.25) is 0 Å². The molecule has 0 atom stereocenters. The zero-order valence-electron chi connectivity index (χ0n) is 12.1. The van der Waals surface area contributed by atoms with E-state index >= 15 is 0 Å². The Balaban J connectivity index is 2.00. The third-order valence-electron chi connectivity index (χ3n) is 3.12. The molecule has 0 fully saturated rings. The van der Waals surface area contributed by atoms with Crippen LogP contribution in [0, 0.1) is 6.92 Å². The van der Waals surface area contributed by atoms with Crippen LogP contribution >= 0.6 is 0 Å². The maximum atomic E-state index is 11.1. The molecule has 1 aromatic rings. The summed E-state index contributed by atoms with van der Waals surface area (Å²) in [4.78, 5) is 11.1. The third kappa shape index (κ3) is 6.97. The average molecular weight is 263 g/mol. The molecular weight excluding hydrogens is 238 g/mol. The summed E-state index contributed by atoms with van der Waals surface area (Å²) in [7, 11) is 0. The van der Waals surface area contributed by atoms with E-state index in [1.54, 1.807) is 0 Å². The van der Waals surface area contributed by atoms with E-state index in [1.807, 2.05) is 6.92 Å². The Kier molecular flexibility index (Phi) is 7.91. The SMILES string of the molecule is CCOC(=O)CCCCCNCc1ccccc1C. The van der Waals surface area contributed by atoms with E-state index in [4.69, 9.17) is 4.74 Å². The summed E-state index contributed by atoms with van der Waals surface area (Å²) in [5.74, 6) is -0.0737. The third-order valence-corrected chi connectivity index (χ3v) is 3.12. The minimum Gasteiger partial charge on any atom is -0.466 e. The van der Waals surface area contributed by atoms with Gasteiger partial charge >= 0.3 is 5.97 Å². The Morgan fingerprint density at radius 1 is 1.21 bits per heavy atom. The van der Waals surface area contributed by atoms with Crippen molar-refractivity contribution in [2.75, 3.05) is 13.2 Å². The van der Waals surface area contributed by atoms with Gasteiger partial charge in [-0.15, -0.1) is 0 Å². The fraction of sp³-hybridized carbons (Fsp3) is 0.562. The first kappa shape index (κ1) is 15.7. The van der Waals surface area contributed by atoms with Crippen LogP contribution in [0.5, 0.6) is 0 Å². The van der Waals surface area contributed by atoms with E-state index in [9.17, 15) is 4.79 Å². The molecule has 0 aliphatic carbocycles. The van der Waals surface area contributed by atoms with E-state index in [0.29, 0.717) is 13.0 Å². The number of aryl methyl sites for hydroxylation is 1. The summed E-state index contributed by atoms with van der Waals surface area (Å²) in [5, 5.41) is 3.44. The summed E-state index contributed by atoms with van der Waals surface area (Å²) in [6.07, 6.45) is 3.64. The van der Waals surface area contributed by atoms with Crippen molar-refractivity contribution in [1.29, 1.82) is 0 Å². The van der Waals surface area contributed by atoms with Gasteiger partial charge in [0.1, 0.15) is 0 Å². The number of carbonyl (C=O) groups excluding carboxylic acids is 1. The quantitative estimate of drug-likeness (QED) is 0.549. The molecule has 0 spiro atoms. The zero-order chi connectivity index (χ0) is 13.9. The van der Waals surface area contributed by atoms with E-state index in [0.717, 1.165) is 32.4 Å². The highest BCUT2D eigenvalue weighted by atomic mass is 16.5. The highest BCUT2D eigenvalue weighted by Crippen LogP contribution is 2.06. The molecule has 0 heterocycles. The topological polar surface area (TPSA) is 38.3 Å². The molecule has 3 nitrogen and oxygen atoms in total. The molecule has 0 aromatic heterocycles. The van der Waals surface area contributed by atoms with Gasteiger partial charge in [0.15, 0.2) is 0 Å².